The van der Waals surface area contributed by atoms with Gasteiger partial charge in [0.05, 0.1) is 5.02 Å². The Labute approximate surface area is 123 Å². The van der Waals surface area contributed by atoms with Crippen molar-refractivity contribution in [1.82, 2.24) is 0 Å². The van der Waals surface area contributed by atoms with Gasteiger partial charge in [-0.1, -0.05) is 11.6 Å². The van der Waals surface area contributed by atoms with E-state index in [1.54, 1.807) is 0 Å². The highest BCUT2D eigenvalue weighted by Gasteiger charge is 2.12. The molecule has 1 heterocycles. The van der Waals surface area contributed by atoms with Gasteiger partial charge in [0.2, 0.25) is 0 Å². The number of amides is 1. The number of aromatic nitrogens is 1. The van der Waals surface area contributed by atoms with Crippen LogP contribution in [0.2, 0.25) is 5.02 Å². The van der Waals surface area contributed by atoms with Crippen LogP contribution >= 0.6 is 11.6 Å². The summed E-state index contributed by atoms with van der Waals surface area (Å²) in [5, 5.41) is 13.5. The zero-order valence-corrected chi connectivity index (χ0v) is 11.2. The number of carbonyl (C=O) groups is 1. The summed E-state index contributed by atoms with van der Waals surface area (Å²) in [5.41, 5.74) is 0.435. The number of rotatable bonds is 4. The zero-order chi connectivity index (χ0) is 15.4. The number of anilines is 1. The molecule has 2 aromatic rings. The lowest BCUT2D eigenvalue weighted by Gasteiger charge is -2.09. The van der Waals surface area contributed by atoms with Gasteiger partial charge in [-0.25, -0.2) is 0 Å². The first-order valence-corrected chi connectivity index (χ1v) is 6.08. The lowest BCUT2D eigenvalue weighted by Crippen LogP contribution is -2.27. The van der Waals surface area contributed by atoms with E-state index in [-0.39, 0.29) is 22.0 Å². The number of benzene rings is 1. The minimum absolute atomic E-state index is 0.0694. The Bertz CT molecular complexity index is 668. The molecule has 0 atom stereocenters. The molecule has 21 heavy (non-hydrogen) atoms. The number of halogens is 3. The zero-order valence-electron chi connectivity index (χ0n) is 10.4. The maximum absolute atomic E-state index is 12.1. The molecular weight excluding hydrogens is 306 g/mol. The van der Waals surface area contributed by atoms with Crippen molar-refractivity contribution in [1.29, 1.82) is 0 Å². The summed E-state index contributed by atoms with van der Waals surface area (Å²) < 4.78 is 28.8. The van der Waals surface area contributed by atoms with Crippen molar-refractivity contribution in [3.63, 3.8) is 0 Å². The molecule has 0 spiro atoms. The molecule has 0 bridgehead atoms. The molecule has 0 radical (unpaired) electrons. The van der Waals surface area contributed by atoms with Crippen LogP contribution in [0.5, 0.6) is 5.75 Å². The molecule has 1 amide bonds. The monoisotopic (exact) mass is 314 g/mol. The fourth-order valence-electron chi connectivity index (χ4n) is 1.56. The van der Waals surface area contributed by atoms with E-state index in [1.807, 2.05) is 0 Å². The minimum Gasteiger partial charge on any atom is -0.619 e. The molecule has 5 nitrogen and oxygen atoms in total. The van der Waals surface area contributed by atoms with Crippen molar-refractivity contribution in [3.8, 4) is 5.75 Å². The van der Waals surface area contributed by atoms with E-state index in [4.69, 9.17) is 11.6 Å². The Morgan fingerprint density at radius 3 is 2.76 bits per heavy atom. The van der Waals surface area contributed by atoms with E-state index >= 15 is 0 Å². The first kappa shape index (κ1) is 15.0. The van der Waals surface area contributed by atoms with Crippen molar-refractivity contribution >= 4 is 23.2 Å². The standard InChI is InChI=1S/C13H9ClF2N2O3/c14-10-6-9(3-4-11(10)21-13(15)16)17-12(19)8-2-1-5-18(20)7-8/h1-7,13H,(H,17,19). The molecule has 0 fully saturated rings. The van der Waals surface area contributed by atoms with Crippen LogP contribution in [0.25, 0.3) is 0 Å². The molecule has 0 saturated heterocycles. The fraction of sp³-hybridized carbons (Fsp3) is 0.0769. The van der Waals surface area contributed by atoms with Crippen molar-refractivity contribution in [3.05, 3.63) is 58.5 Å². The second-order valence-corrected chi connectivity index (χ2v) is 4.34. The number of nitrogens with one attached hydrogen (secondary N) is 1. The number of alkyl halides is 2. The van der Waals surface area contributed by atoms with Crippen molar-refractivity contribution in [2.24, 2.45) is 0 Å². The number of carbonyl (C=O) groups excluding carboxylic acids is 1. The lowest BCUT2D eigenvalue weighted by molar-refractivity contribution is -0.605. The molecule has 0 aliphatic rings. The highest BCUT2D eigenvalue weighted by molar-refractivity contribution is 6.32. The fourth-order valence-corrected chi connectivity index (χ4v) is 1.79. The summed E-state index contributed by atoms with van der Waals surface area (Å²) in [6.45, 7) is -2.99. The van der Waals surface area contributed by atoms with E-state index in [2.05, 4.69) is 10.1 Å². The normalized spacial score (nSPS) is 10.5. The van der Waals surface area contributed by atoms with E-state index in [0.717, 1.165) is 6.20 Å². The largest absolute Gasteiger partial charge is 0.619 e. The van der Waals surface area contributed by atoms with E-state index in [0.29, 0.717) is 4.73 Å². The molecule has 1 aromatic carbocycles. The summed E-state index contributed by atoms with van der Waals surface area (Å²) in [4.78, 5) is 11.9. The summed E-state index contributed by atoms with van der Waals surface area (Å²) in [6, 6.07) is 6.72. The Balaban J connectivity index is 2.13. The summed E-state index contributed by atoms with van der Waals surface area (Å²) >= 11 is 5.76. The second kappa shape index (κ2) is 6.36. The van der Waals surface area contributed by atoms with Gasteiger partial charge in [0.1, 0.15) is 11.3 Å². The third kappa shape index (κ3) is 4.03. The highest BCUT2D eigenvalue weighted by atomic mass is 35.5. The van der Waals surface area contributed by atoms with Crippen LogP contribution in [0.1, 0.15) is 10.4 Å². The smallest absolute Gasteiger partial charge is 0.387 e. The third-order valence-corrected chi connectivity index (χ3v) is 2.74. The van der Waals surface area contributed by atoms with Gasteiger partial charge in [0.25, 0.3) is 5.91 Å². The Kier molecular flexibility index (Phi) is 4.54. The predicted octanol–water partition coefficient (Wildman–Crippen LogP) is 2.83. The highest BCUT2D eigenvalue weighted by Crippen LogP contribution is 2.29. The Morgan fingerprint density at radius 2 is 2.14 bits per heavy atom. The molecule has 1 aromatic heterocycles. The van der Waals surface area contributed by atoms with Crippen LogP contribution in [0.3, 0.4) is 0 Å². The van der Waals surface area contributed by atoms with Gasteiger partial charge < -0.3 is 15.3 Å². The van der Waals surface area contributed by atoms with Crippen molar-refractivity contribution < 1.29 is 23.0 Å². The second-order valence-electron chi connectivity index (χ2n) is 3.93. The summed E-state index contributed by atoms with van der Waals surface area (Å²) in [7, 11) is 0. The number of hydrogen-bond acceptors (Lipinski definition) is 3. The maximum Gasteiger partial charge on any atom is 0.387 e. The van der Waals surface area contributed by atoms with Gasteiger partial charge in [0, 0.05) is 11.8 Å². The van der Waals surface area contributed by atoms with Crippen LogP contribution in [0, 0.1) is 5.21 Å². The molecule has 0 aliphatic carbocycles. The number of ether oxygens (including phenoxy) is 1. The predicted molar refractivity (Wildman–Crippen MR) is 71.4 cm³/mol. The van der Waals surface area contributed by atoms with E-state index in [1.165, 1.54) is 36.5 Å². The van der Waals surface area contributed by atoms with Gasteiger partial charge in [0.15, 0.2) is 12.4 Å². The van der Waals surface area contributed by atoms with Crippen molar-refractivity contribution in [2.45, 2.75) is 6.61 Å². The maximum atomic E-state index is 12.1. The first-order chi connectivity index (χ1) is 9.95. The average molecular weight is 315 g/mol. The molecule has 0 unspecified atom stereocenters. The van der Waals surface area contributed by atoms with Gasteiger partial charge in [-0.2, -0.15) is 13.5 Å². The van der Waals surface area contributed by atoms with Crippen LogP contribution < -0.4 is 14.8 Å². The number of nitrogens with zero attached hydrogens (tertiary/aromatic N) is 1. The molecule has 0 aliphatic heterocycles. The van der Waals surface area contributed by atoms with Gasteiger partial charge in [-0.15, -0.1) is 0 Å². The van der Waals surface area contributed by atoms with E-state index in [9.17, 15) is 18.8 Å². The topological polar surface area (TPSA) is 65.3 Å². The molecule has 8 heteroatoms. The lowest BCUT2D eigenvalue weighted by atomic mass is 10.2. The van der Waals surface area contributed by atoms with Crippen molar-refractivity contribution in [2.75, 3.05) is 5.32 Å². The molecule has 1 N–H and O–H groups in total. The summed E-state index contributed by atoms with van der Waals surface area (Å²) in [5.74, 6) is -0.722. The van der Waals surface area contributed by atoms with E-state index < -0.39 is 12.5 Å². The molecule has 0 saturated carbocycles. The quantitative estimate of drug-likeness (QED) is 0.697. The molecule has 2 rings (SSSR count). The third-order valence-electron chi connectivity index (χ3n) is 2.44. The van der Waals surface area contributed by atoms with Gasteiger partial charge in [-0.3, -0.25) is 4.79 Å². The Morgan fingerprint density at radius 1 is 1.38 bits per heavy atom. The SMILES string of the molecule is O=C(Nc1ccc(OC(F)F)c(Cl)c1)c1ccc[n+]([O-])c1. The van der Waals surface area contributed by atoms with Crippen LogP contribution in [0.15, 0.2) is 42.7 Å². The number of pyridine rings is 1. The minimum atomic E-state index is -2.99. The Hall–Kier alpha value is -2.41. The van der Waals surface area contributed by atoms with Gasteiger partial charge in [-0.05, 0) is 24.3 Å². The number of hydrogen-bond donors (Lipinski definition) is 1. The van der Waals surface area contributed by atoms with Crippen LogP contribution in [-0.2, 0) is 0 Å². The average Bonchev–Trinajstić information content (AvgIpc) is 2.41. The first-order valence-electron chi connectivity index (χ1n) is 5.70. The molecular formula is C13H9ClF2N2O3. The van der Waals surface area contributed by atoms with Crippen LogP contribution in [-0.4, -0.2) is 12.5 Å². The van der Waals surface area contributed by atoms with Crippen LogP contribution in [0.4, 0.5) is 14.5 Å². The van der Waals surface area contributed by atoms with Gasteiger partial charge >= 0.3 is 6.61 Å². The molecule has 110 valence electrons. The summed E-state index contributed by atoms with van der Waals surface area (Å²) in [6.07, 6.45) is 2.34.